The Kier molecular flexibility index (Phi) is 5.59. The maximum atomic E-state index is 14.4. The monoisotopic (exact) mass is 350 g/mol. The summed E-state index contributed by atoms with van der Waals surface area (Å²) in [6, 6.07) is 4.94. The lowest BCUT2D eigenvalue weighted by Gasteiger charge is -2.44. The van der Waals surface area contributed by atoms with Crippen LogP contribution >= 0.6 is 0 Å². The summed E-state index contributed by atoms with van der Waals surface area (Å²) >= 11 is 0. The first-order valence-corrected chi connectivity index (χ1v) is 8.96. The van der Waals surface area contributed by atoms with Gasteiger partial charge in [-0.05, 0) is 38.3 Å². The standard InChI is InChI=1S/C19H27FN2O3/c1-24-12-11-21-9-3-7-19(18(21)23)8-4-10-22(19)14-15-5-6-16(25-2)13-17(15)20/h5-6,13H,3-4,7-12,14H2,1-2H3. The predicted molar refractivity (Wildman–Crippen MR) is 93.0 cm³/mol. The van der Waals surface area contributed by atoms with Crippen LogP contribution in [-0.4, -0.2) is 61.7 Å². The van der Waals surface area contributed by atoms with Crippen molar-refractivity contribution in [3.8, 4) is 5.75 Å². The molecule has 0 bridgehead atoms. The van der Waals surface area contributed by atoms with E-state index in [1.807, 2.05) is 4.90 Å². The van der Waals surface area contributed by atoms with Crippen molar-refractivity contribution in [2.45, 2.75) is 37.8 Å². The lowest BCUT2D eigenvalue weighted by Crippen LogP contribution is -2.60. The quantitative estimate of drug-likeness (QED) is 0.790. The molecule has 2 aliphatic rings. The normalized spacial score (nSPS) is 24.3. The average Bonchev–Trinajstić information content (AvgIpc) is 3.01. The second-order valence-corrected chi connectivity index (χ2v) is 6.90. The van der Waals surface area contributed by atoms with Gasteiger partial charge in [-0.1, -0.05) is 6.07 Å². The number of ether oxygens (including phenoxy) is 2. The number of methoxy groups -OCH3 is 2. The van der Waals surface area contributed by atoms with Crippen molar-refractivity contribution in [3.05, 3.63) is 29.6 Å². The number of nitrogens with zero attached hydrogens (tertiary/aromatic N) is 2. The number of carbonyl (C=O) groups is 1. The van der Waals surface area contributed by atoms with Gasteiger partial charge in [-0.2, -0.15) is 0 Å². The zero-order valence-electron chi connectivity index (χ0n) is 15.1. The van der Waals surface area contributed by atoms with E-state index in [9.17, 15) is 9.18 Å². The SMILES string of the molecule is COCCN1CCCC2(CCCN2Cc2ccc(OC)cc2F)C1=O. The average molecular weight is 350 g/mol. The van der Waals surface area contributed by atoms with Gasteiger partial charge in [0.05, 0.1) is 13.7 Å². The number of amides is 1. The van der Waals surface area contributed by atoms with E-state index in [1.165, 1.54) is 13.2 Å². The zero-order chi connectivity index (χ0) is 17.9. The van der Waals surface area contributed by atoms with Gasteiger partial charge in [0.2, 0.25) is 5.91 Å². The van der Waals surface area contributed by atoms with Gasteiger partial charge in [0.15, 0.2) is 0 Å². The third-order valence-corrected chi connectivity index (χ3v) is 5.51. The van der Waals surface area contributed by atoms with Gasteiger partial charge in [0, 0.05) is 38.4 Å². The molecule has 0 aliphatic carbocycles. The van der Waals surface area contributed by atoms with E-state index in [-0.39, 0.29) is 11.7 Å². The van der Waals surface area contributed by atoms with Crippen molar-refractivity contribution in [1.82, 2.24) is 9.80 Å². The number of carbonyl (C=O) groups excluding carboxylic acids is 1. The van der Waals surface area contributed by atoms with Gasteiger partial charge in [0.25, 0.3) is 0 Å². The Balaban J connectivity index is 1.78. The van der Waals surface area contributed by atoms with Gasteiger partial charge in [-0.15, -0.1) is 0 Å². The van der Waals surface area contributed by atoms with E-state index in [2.05, 4.69) is 4.90 Å². The number of halogens is 1. The summed E-state index contributed by atoms with van der Waals surface area (Å²) in [5, 5.41) is 0. The molecule has 1 unspecified atom stereocenters. The van der Waals surface area contributed by atoms with Crippen molar-refractivity contribution in [2.75, 3.05) is 40.5 Å². The van der Waals surface area contributed by atoms with Crippen LogP contribution in [0.25, 0.3) is 0 Å². The molecule has 3 rings (SSSR count). The molecule has 0 saturated carbocycles. The topological polar surface area (TPSA) is 42.0 Å². The summed E-state index contributed by atoms with van der Waals surface area (Å²) in [7, 11) is 3.18. The fraction of sp³-hybridized carbons (Fsp3) is 0.632. The van der Waals surface area contributed by atoms with Crippen LogP contribution in [-0.2, 0) is 16.1 Å². The number of benzene rings is 1. The first-order valence-electron chi connectivity index (χ1n) is 8.96. The third-order valence-electron chi connectivity index (χ3n) is 5.51. The molecule has 1 atom stereocenters. The van der Waals surface area contributed by atoms with Crippen LogP contribution in [0.3, 0.4) is 0 Å². The minimum absolute atomic E-state index is 0.183. The number of hydrogen-bond donors (Lipinski definition) is 0. The first-order chi connectivity index (χ1) is 12.1. The molecule has 1 aromatic rings. The smallest absolute Gasteiger partial charge is 0.243 e. The van der Waals surface area contributed by atoms with Crippen LogP contribution in [0.2, 0.25) is 0 Å². The molecule has 0 N–H and O–H groups in total. The highest BCUT2D eigenvalue weighted by Crippen LogP contribution is 2.39. The molecule has 1 spiro atoms. The highest BCUT2D eigenvalue weighted by atomic mass is 19.1. The molecule has 138 valence electrons. The lowest BCUT2D eigenvalue weighted by molar-refractivity contribution is -0.148. The van der Waals surface area contributed by atoms with Crippen LogP contribution in [0.1, 0.15) is 31.2 Å². The Morgan fingerprint density at radius 2 is 1.96 bits per heavy atom. The van der Waals surface area contributed by atoms with Crippen molar-refractivity contribution in [1.29, 1.82) is 0 Å². The molecule has 0 radical (unpaired) electrons. The molecule has 1 aromatic carbocycles. The number of hydrogen-bond acceptors (Lipinski definition) is 4. The minimum Gasteiger partial charge on any atom is -0.497 e. The molecule has 2 heterocycles. The van der Waals surface area contributed by atoms with Crippen LogP contribution in [0, 0.1) is 5.82 Å². The molecule has 2 fully saturated rings. The molecule has 2 saturated heterocycles. The zero-order valence-corrected chi connectivity index (χ0v) is 15.1. The molecule has 25 heavy (non-hydrogen) atoms. The van der Waals surface area contributed by atoms with Gasteiger partial charge in [0.1, 0.15) is 17.1 Å². The lowest BCUT2D eigenvalue weighted by atomic mass is 9.85. The Bertz CT molecular complexity index is 625. The number of rotatable bonds is 6. The maximum Gasteiger partial charge on any atom is 0.243 e. The van der Waals surface area contributed by atoms with E-state index in [1.54, 1.807) is 19.2 Å². The van der Waals surface area contributed by atoms with Gasteiger partial charge in [-0.3, -0.25) is 9.69 Å². The molecule has 5 nitrogen and oxygen atoms in total. The summed E-state index contributed by atoms with van der Waals surface area (Å²) in [6.45, 7) is 3.25. The van der Waals surface area contributed by atoms with Crippen molar-refractivity contribution >= 4 is 5.91 Å². The first kappa shape index (κ1) is 18.1. The predicted octanol–water partition coefficient (Wildman–Crippen LogP) is 2.44. The number of likely N-dealkylation sites (tertiary alicyclic amines) is 2. The Labute approximate surface area is 148 Å². The maximum absolute atomic E-state index is 14.4. The molecule has 0 aromatic heterocycles. The fourth-order valence-electron chi connectivity index (χ4n) is 4.16. The largest absolute Gasteiger partial charge is 0.497 e. The van der Waals surface area contributed by atoms with E-state index in [0.29, 0.717) is 31.0 Å². The van der Waals surface area contributed by atoms with Crippen molar-refractivity contribution < 1.29 is 18.7 Å². The van der Waals surface area contributed by atoms with Crippen LogP contribution in [0.5, 0.6) is 5.75 Å². The van der Waals surface area contributed by atoms with E-state index < -0.39 is 5.54 Å². The second-order valence-electron chi connectivity index (χ2n) is 6.90. The summed E-state index contributed by atoms with van der Waals surface area (Å²) in [5.41, 5.74) is 0.141. The highest BCUT2D eigenvalue weighted by molar-refractivity contribution is 5.87. The van der Waals surface area contributed by atoms with Crippen LogP contribution < -0.4 is 4.74 Å². The number of piperidine rings is 1. The molecule has 1 amide bonds. The van der Waals surface area contributed by atoms with E-state index >= 15 is 0 Å². The van der Waals surface area contributed by atoms with Crippen LogP contribution in [0.4, 0.5) is 4.39 Å². The van der Waals surface area contributed by atoms with Crippen molar-refractivity contribution in [2.24, 2.45) is 0 Å². The van der Waals surface area contributed by atoms with E-state index in [0.717, 1.165) is 38.8 Å². The highest BCUT2D eigenvalue weighted by Gasteiger charge is 2.50. The third kappa shape index (κ3) is 3.51. The molecular weight excluding hydrogens is 323 g/mol. The van der Waals surface area contributed by atoms with Crippen LogP contribution in [0.15, 0.2) is 18.2 Å². The van der Waals surface area contributed by atoms with Gasteiger partial charge in [-0.25, -0.2) is 4.39 Å². The molecule has 2 aliphatic heterocycles. The Hall–Kier alpha value is -1.66. The van der Waals surface area contributed by atoms with E-state index in [4.69, 9.17) is 9.47 Å². The molecular formula is C19H27FN2O3. The fourth-order valence-corrected chi connectivity index (χ4v) is 4.16. The summed E-state index contributed by atoms with van der Waals surface area (Å²) in [4.78, 5) is 17.2. The van der Waals surface area contributed by atoms with Gasteiger partial charge >= 0.3 is 0 Å². The van der Waals surface area contributed by atoms with Gasteiger partial charge < -0.3 is 14.4 Å². The Morgan fingerprint density at radius 1 is 1.20 bits per heavy atom. The van der Waals surface area contributed by atoms with Crippen molar-refractivity contribution in [3.63, 3.8) is 0 Å². The summed E-state index contributed by atoms with van der Waals surface area (Å²) < 4.78 is 24.6. The summed E-state index contributed by atoms with van der Waals surface area (Å²) in [6.07, 6.45) is 3.67. The Morgan fingerprint density at radius 3 is 2.64 bits per heavy atom. The summed E-state index contributed by atoms with van der Waals surface area (Å²) in [5.74, 6) is 0.417. The molecule has 6 heteroatoms. The minimum atomic E-state index is -0.474. The second kappa shape index (κ2) is 7.70.